The number of carbonyl (C=O) groups is 1. The Morgan fingerprint density at radius 2 is 1.70 bits per heavy atom. The van der Waals surface area contributed by atoms with Gasteiger partial charge in [0.15, 0.2) is 4.80 Å². The summed E-state index contributed by atoms with van der Waals surface area (Å²) in [4.78, 5) is 33.5. The first-order valence-electron chi connectivity index (χ1n) is 15.3. The second kappa shape index (κ2) is 12.7. The van der Waals surface area contributed by atoms with Crippen LogP contribution < -0.4 is 24.9 Å². The molecule has 7 nitrogen and oxygen atoms in total. The maximum absolute atomic E-state index is 14.3. The average molecular weight is 643 g/mol. The molecule has 0 unspecified atom stereocenters. The van der Waals surface area contributed by atoms with Crippen LogP contribution in [-0.4, -0.2) is 21.6 Å². The number of nitrogens with one attached hydrogen (secondary N) is 1. The minimum atomic E-state index is -0.701. The normalized spacial score (nSPS) is 14.6. The highest BCUT2D eigenvalue weighted by Gasteiger charge is 2.32. The maximum atomic E-state index is 14.3. The largest absolute Gasteiger partial charge is 0.494 e. The first-order valence-corrected chi connectivity index (χ1v) is 16.2. The van der Waals surface area contributed by atoms with Gasteiger partial charge in [0.05, 0.1) is 28.5 Å². The Morgan fingerprint density at radius 3 is 2.45 bits per heavy atom. The first-order chi connectivity index (χ1) is 22.9. The zero-order valence-corrected chi connectivity index (χ0v) is 26.6. The van der Waals surface area contributed by atoms with E-state index in [4.69, 9.17) is 9.73 Å². The highest BCUT2D eigenvalue weighted by Crippen LogP contribution is 2.32. The number of para-hydroxylation sites is 2. The number of amides is 1. The minimum absolute atomic E-state index is 0.236. The van der Waals surface area contributed by atoms with Crippen molar-refractivity contribution >= 4 is 39.9 Å². The van der Waals surface area contributed by atoms with Gasteiger partial charge in [0, 0.05) is 34.9 Å². The monoisotopic (exact) mass is 642 g/mol. The molecule has 1 N–H and O–H groups in total. The van der Waals surface area contributed by atoms with E-state index in [1.165, 1.54) is 23.5 Å². The molecule has 47 heavy (non-hydrogen) atoms. The molecule has 0 spiro atoms. The Hall–Kier alpha value is -5.54. The molecule has 234 valence electrons. The summed E-state index contributed by atoms with van der Waals surface area (Å²) in [6, 6.07) is 30.5. The second-order valence-electron chi connectivity index (χ2n) is 11.3. The molecule has 3 heterocycles. The lowest BCUT2D eigenvalue weighted by Gasteiger charge is -2.25. The summed E-state index contributed by atoms with van der Waals surface area (Å²) >= 11 is 1.30. The fraction of sp³-hybridized carbons (Fsp3) is 0.132. The molecular weight excluding hydrogens is 612 g/mol. The number of hydrogen-bond acceptors (Lipinski definition) is 5. The number of nitrogens with zero attached hydrogens (tertiary/aromatic N) is 3. The van der Waals surface area contributed by atoms with Crippen LogP contribution in [0.3, 0.4) is 0 Å². The first kappa shape index (κ1) is 30.1. The van der Waals surface area contributed by atoms with E-state index in [1.807, 2.05) is 105 Å². The smallest absolute Gasteiger partial charge is 0.271 e. The molecule has 0 fully saturated rings. The average Bonchev–Trinajstić information content (AvgIpc) is 3.58. The van der Waals surface area contributed by atoms with Crippen molar-refractivity contribution in [2.24, 2.45) is 4.99 Å². The summed E-state index contributed by atoms with van der Waals surface area (Å²) < 4.78 is 23.4. The van der Waals surface area contributed by atoms with Crippen LogP contribution >= 0.6 is 11.3 Å². The maximum Gasteiger partial charge on any atom is 0.271 e. The number of halogens is 1. The number of thiazole rings is 1. The molecule has 0 aliphatic carbocycles. The Labute approximate surface area is 274 Å². The van der Waals surface area contributed by atoms with Crippen molar-refractivity contribution in [2.45, 2.75) is 26.4 Å². The molecule has 0 saturated heterocycles. The van der Waals surface area contributed by atoms with Gasteiger partial charge in [-0.15, -0.1) is 0 Å². The SMILES string of the molecule is CCOc1ccc([C@@H]2C(C(=O)Nc3ccccc3)=C(C)N=c3s/c(=C\c4cn(Cc5ccc(F)cc5)c5ccccc45)c(=O)n32)cc1. The minimum Gasteiger partial charge on any atom is -0.494 e. The summed E-state index contributed by atoms with van der Waals surface area (Å²) in [7, 11) is 0. The van der Waals surface area contributed by atoms with Crippen LogP contribution in [0.25, 0.3) is 17.0 Å². The molecule has 1 aliphatic heterocycles. The number of rotatable bonds is 8. The Morgan fingerprint density at radius 1 is 0.979 bits per heavy atom. The summed E-state index contributed by atoms with van der Waals surface area (Å²) in [5.74, 6) is 0.104. The van der Waals surface area contributed by atoms with Crippen LogP contribution in [0.4, 0.5) is 10.1 Å². The van der Waals surface area contributed by atoms with E-state index in [9.17, 15) is 14.0 Å². The molecule has 0 bridgehead atoms. The Kier molecular flexibility index (Phi) is 8.14. The fourth-order valence-corrected chi connectivity index (χ4v) is 7.05. The van der Waals surface area contributed by atoms with E-state index in [0.29, 0.717) is 45.2 Å². The third-order valence-corrected chi connectivity index (χ3v) is 9.16. The lowest BCUT2D eigenvalue weighted by Crippen LogP contribution is -2.40. The van der Waals surface area contributed by atoms with Gasteiger partial charge in [-0.2, -0.15) is 0 Å². The van der Waals surface area contributed by atoms with Crippen molar-refractivity contribution in [1.29, 1.82) is 0 Å². The van der Waals surface area contributed by atoms with Crippen molar-refractivity contribution in [3.05, 3.63) is 163 Å². The molecule has 0 saturated carbocycles. The molecule has 7 rings (SSSR count). The molecule has 4 aromatic carbocycles. The van der Waals surface area contributed by atoms with Crippen LogP contribution in [0, 0.1) is 5.82 Å². The zero-order chi connectivity index (χ0) is 32.5. The van der Waals surface area contributed by atoms with E-state index in [0.717, 1.165) is 27.6 Å². The van der Waals surface area contributed by atoms with E-state index in [-0.39, 0.29) is 17.3 Å². The van der Waals surface area contributed by atoms with Gasteiger partial charge >= 0.3 is 0 Å². The van der Waals surface area contributed by atoms with Gasteiger partial charge in [-0.3, -0.25) is 14.2 Å². The highest BCUT2D eigenvalue weighted by atomic mass is 32.1. The van der Waals surface area contributed by atoms with Crippen molar-refractivity contribution in [3.63, 3.8) is 0 Å². The van der Waals surface area contributed by atoms with Gasteiger partial charge in [-0.1, -0.05) is 72.0 Å². The Balaban J connectivity index is 1.35. The van der Waals surface area contributed by atoms with Gasteiger partial charge < -0.3 is 14.6 Å². The third-order valence-electron chi connectivity index (χ3n) is 8.18. The fourth-order valence-electron chi connectivity index (χ4n) is 6.01. The lowest BCUT2D eigenvalue weighted by atomic mass is 9.95. The number of carbonyl (C=O) groups excluding carboxylic acids is 1. The van der Waals surface area contributed by atoms with Crippen LogP contribution in [0.15, 0.2) is 130 Å². The number of aromatic nitrogens is 2. The third kappa shape index (κ3) is 5.93. The molecule has 0 radical (unpaired) electrons. The van der Waals surface area contributed by atoms with Gasteiger partial charge in [0.25, 0.3) is 11.5 Å². The zero-order valence-electron chi connectivity index (χ0n) is 25.8. The number of ether oxygens (including phenoxy) is 1. The number of hydrogen-bond donors (Lipinski definition) is 1. The molecule has 2 aromatic heterocycles. The predicted octanol–water partition coefficient (Wildman–Crippen LogP) is 6.41. The van der Waals surface area contributed by atoms with E-state index < -0.39 is 6.04 Å². The van der Waals surface area contributed by atoms with Gasteiger partial charge in [0.2, 0.25) is 0 Å². The number of benzene rings is 4. The predicted molar refractivity (Wildman–Crippen MR) is 184 cm³/mol. The lowest BCUT2D eigenvalue weighted by molar-refractivity contribution is -0.113. The Bertz CT molecular complexity index is 2320. The van der Waals surface area contributed by atoms with E-state index in [2.05, 4.69) is 9.88 Å². The van der Waals surface area contributed by atoms with Gasteiger partial charge in [0.1, 0.15) is 11.6 Å². The summed E-state index contributed by atoms with van der Waals surface area (Å²) in [5, 5.41) is 3.98. The van der Waals surface area contributed by atoms with Crippen LogP contribution in [0.5, 0.6) is 5.75 Å². The van der Waals surface area contributed by atoms with Crippen molar-refractivity contribution in [3.8, 4) is 5.75 Å². The van der Waals surface area contributed by atoms with Crippen LogP contribution in [0.1, 0.15) is 36.6 Å². The highest BCUT2D eigenvalue weighted by molar-refractivity contribution is 7.07. The van der Waals surface area contributed by atoms with E-state index >= 15 is 0 Å². The molecule has 1 atom stereocenters. The standard InChI is InChI=1S/C38H31FN4O3S/c1-3-46-30-19-15-26(16-20-30)35-34(36(44)41-29-9-5-4-6-10-29)24(2)40-38-43(35)37(45)33(47-38)21-27-23-42(32-12-8-7-11-31(27)32)22-25-13-17-28(39)18-14-25/h4-21,23,35H,3,22H2,1-2H3,(H,41,44)/b33-21-/t35-/m1/s1. The summed E-state index contributed by atoms with van der Waals surface area (Å²) in [6.45, 7) is 4.80. The number of allylic oxidation sites excluding steroid dienone is 1. The molecule has 6 aromatic rings. The van der Waals surface area contributed by atoms with Crippen molar-refractivity contribution in [1.82, 2.24) is 9.13 Å². The van der Waals surface area contributed by atoms with Crippen LogP contribution in [0.2, 0.25) is 0 Å². The number of anilines is 1. The van der Waals surface area contributed by atoms with Gasteiger partial charge in [-0.25, -0.2) is 9.38 Å². The van der Waals surface area contributed by atoms with Gasteiger partial charge in [-0.05, 0) is 73.5 Å². The molecular formula is C38H31FN4O3S. The van der Waals surface area contributed by atoms with Crippen LogP contribution in [-0.2, 0) is 11.3 Å². The molecule has 1 aliphatic rings. The summed E-state index contributed by atoms with van der Waals surface area (Å²) in [5.41, 5.74) is 4.96. The molecule has 1 amide bonds. The number of fused-ring (bicyclic) bond motifs is 2. The quantitative estimate of drug-likeness (QED) is 0.208. The van der Waals surface area contributed by atoms with E-state index in [1.54, 1.807) is 16.7 Å². The topological polar surface area (TPSA) is 77.6 Å². The van der Waals surface area contributed by atoms with Crippen molar-refractivity contribution < 1.29 is 13.9 Å². The molecule has 9 heteroatoms. The summed E-state index contributed by atoms with van der Waals surface area (Å²) in [6.07, 6.45) is 3.91. The van der Waals surface area contributed by atoms with Crippen molar-refractivity contribution in [2.75, 3.05) is 11.9 Å². The second-order valence-corrected chi connectivity index (χ2v) is 12.3.